The standard InChI is InChI=1S/C42H54N4O5/c1-5-7-8-9-10-11-12-13-14-17-25-45-36-21-18-19-32-39(36)37(29-33(40(32)48)41(49)43-34-20-15-16-22-38(34)51-4)46(42(45)50)35-24-23-31(28-30(35)3)44(6-2)26-27-47/h15-16,18-24,28-29,47-48H,5-14,17,25-27H2,1-4H3,(H,43,49). The molecule has 3 amide bonds. The van der Waals surface area contributed by atoms with Gasteiger partial charge >= 0.3 is 6.03 Å². The van der Waals surface area contributed by atoms with Crippen molar-refractivity contribution in [3.63, 3.8) is 0 Å². The number of phenols is 1. The lowest BCUT2D eigenvalue weighted by atomic mass is 9.96. The Morgan fingerprint density at radius 3 is 2.22 bits per heavy atom. The second-order valence-electron chi connectivity index (χ2n) is 13.4. The number of aryl methyl sites for hydroxylation is 1. The molecule has 1 aliphatic rings. The van der Waals surface area contributed by atoms with Crippen molar-refractivity contribution in [3.8, 4) is 11.5 Å². The molecule has 0 atom stereocenters. The number of benzene rings is 4. The van der Waals surface area contributed by atoms with Crippen molar-refractivity contribution in [1.82, 2.24) is 0 Å². The maximum Gasteiger partial charge on any atom is 0.333 e. The van der Waals surface area contributed by atoms with E-state index in [1.807, 2.05) is 55.1 Å². The van der Waals surface area contributed by atoms with Crippen LogP contribution in [0.5, 0.6) is 11.5 Å². The number of nitrogens with one attached hydrogen (secondary N) is 1. The minimum absolute atomic E-state index is 0.0368. The molecule has 0 saturated carbocycles. The number of ether oxygens (including phenoxy) is 1. The van der Waals surface area contributed by atoms with E-state index in [1.54, 1.807) is 35.2 Å². The van der Waals surface area contributed by atoms with Crippen LogP contribution in [0.2, 0.25) is 0 Å². The number of carbonyl (C=O) groups excluding carboxylic acids is 2. The second kappa shape index (κ2) is 17.9. The van der Waals surface area contributed by atoms with Gasteiger partial charge in [0.05, 0.1) is 42.0 Å². The number of hydrogen-bond donors (Lipinski definition) is 3. The smallest absolute Gasteiger partial charge is 0.333 e. The van der Waals surface area contributed by atoms with E-state index in [2.05, 4.69) is 17.1 Å². The first-order chi connectivity index (χ1) is 24.8. The zero-order chi connectivity index (χ0) is 36.3. The van der Waals surface area contributed by atoms with E-state index >= 15 is 0 Å². The highest BCUT2D eigenvalue weighted by molar-refractivity contribution is 6.25. The first kappa shape index (κ1) is 37.5. The van der Waals surface area contributed by atoms with Crippen molar-refractivity contribution in [2.75, 3.05) is 53.4 Å². The maximum atomic E-state index is 14.7. The third-order valence-electron chi connectivity index (χ3n) is 9.92. The number of para-hydroxylation sites is 2. The summed E-state index contributed by atoms with van der Waals surface area (Å²) in [6.07, 6.45) is 12.0. The summed E-state index contributed by atoms with van der Waals surface area (Å²) in [4.78, 5) is 34.2. The monoisotopic (exact) mass is 694 g/mol. The number of aliphatic hydroxyl groups excluding tert-OH is 1. The Kier molecular flexibility index (Phi) is 13.2. The minimum Gasteiger partial charge on any atom is -0.506 e. The number of urea groups is 1. The molecule has 0 fully saturated rings. The molecular formula is C42H54N4O5. The van der Waals surface area contributed by atoms with Gasteiger partial charge in [0, 0.05) is 36.1 Å². The Balaban J connectivity index is 1.51. The Labute approximate surface area is 302 Å². The van der Waals surface area contributed by atoms with Gasteiger partial charge in [-0.3, -0.25) is 14.6 Å². The molecule has 1 heterocycles. The van der Waals surface area contributed by atoms with Gasteiger partial charge in [0.1, 0.15) is 11.5 Å². The second-order valence-corrected chi connectivity index (χ2v) is 13.4. The Morgan fingerprint density at radius 1 is 0.843 bits per heavy atom. The Bertz CT molecular complexity index is 1810. The van der Waals surface area contributed by atoms with Crippen molar-refractivity contribution in [2.24, 2.45) is 0 Å². The molecule has 4 aromatic carbocycles. The van der Waals surface area contributed by atoms with Crippen LogP contribution in [0.15, 0.2) is 66.7 Å². The Morgan fingerprint density at radius 2 is 1.55 bits per heavy atom. The molecule has 272 valence electrons. The zero-order valence-electron chi connectivity index (χ0n) is 30.7. The van der Waals surface area contributed by atoms with Crippen LogP contribution >= 0.6 is 0 Å². The average Bonchev–Trinajstić information content (AvgIpc) is 3.14. The van der Waals surface area contributed by atoms with Gasteiger partial charge in [-0.05, 0) is 68.3 Å². The van der Waals surface area contributed by atoms with E-state index in [-0.39, 0.29) is 24.0 Å². The van der Waals surface area contributed by atoms with Gasteiger partial charge in [-0.15, -0.1) is 0 Å². The number of carbonyl (C=O) groups is 2. The number of aliphatic hydroxyl groups is 1. The van der Waals surface area contributed by atoms with Crippen LogP contribution in [-0.2, 0) is 0 Å². The lowest BCUT2D eigenvalue weighted by Crippen LogP contribution is -2.44. The van der Waals surface area contributed by atoms with Crippen molar-refractivity contribution in [1.29, 1.82) is 0 Å². The van der Waals surface area contributed by atoms with Crippen molar-refractivity contribution in [2.45, 2.75) is 85.0 Å². The molecule has 9 heteroatoms. The minimum atomic E-state index is -0.518. The summed E-state index contributed by atoms with van der Waals surface area (Å²) >= 11 is 0. The molecule has 0 bridgehead atoms. The number of hydrogen-bond acceptors (Lipinski definition) is 6. The lowest BCUT2D eigenvalue weighted by Gasteiger charge is -2.38. The van der Waals surface area contributed by atoms with Gasteiger partial charge in [-0.25, -0.2) is 4.79 Å². The highest BCUT2D eigenvalue weighted by Crippen LogP contribution is 2.48. The fourth-order valence-corrected chi connectivity index (χ4v) is 7.15. The van der Waals surface area contributed by atoms with E-state index < -0.39 is 5.91 Å². The number of unbranched alkanes of at least 4 members (excludes halogenated alkanes) is 9. The number of amides is 3. The number of phenolic OH excluding ortho intramolecular Hbond substituents is 1. The predicted molar refractivity (Wildman–Crippen MR) is 209 cm³/mol. The molecule has 3 N–H and O–H groups in total. The summed E-state index contributed by atoms with van der Waals surface area (Å²) in [7, 11) is 1.53. The zero-order valence-corrected chi connectivity index (χ0v) is 30.7. The predicted octanol–water partition coefficient (Wildman–Crippen LogP) is 9.93. The van der Waals surface area contributed by atoms with Crippen LogP contribution in [-0.4, -0.2) is 55.5 Å². The third-order valence-corrected chi connectivity index (χ3v) is 9.92. The number of rotatable bonds is 19. The van der Waals surface area contributed by atoms with Gasteiger partial charge < -0.3 is 25.2 Å². The first-order valence-corrected chi connectivity index (χ1v) is 18.7. The number of methoxy groups -OCH3 is 1. The fourth-order valence-electron chi connectivity index (χ4n) is 7.15. The number of aromatic hydroxyl groups is 1. The lowest BCUT2D eigenvalue weighted by molar-refractivity contribution is 0.102. The van der Waals surface area contributed by atoms with Crippen LogP contribution in [0, 0.1) is 6.92 Å². The molecule has 51 heavy (non-hydrogen) atoms. The molecule has 1 aliphatic heterocycles. The first-order valence-electron chi connectivity index (χ1n) is 18.7. The number of likely N-dealkylation sites (N-methyl/N-ethyl adjacent to an activating group) is 1. The summed E-state index contributed by atoms with van der Waals surface area (Å²) in [6, 6.07) is 20.0. The van der Waals surface area contributed by atoms with Crippen molar-refractivity contribution in [3.05, 3.63) is 77.9 Å². The molecule has 5 rings (SSSR count). The average molecular weight is 695 g/mol. The molecule has 0 radical (unpaired) electrons. The summed E-state index contributed by atoms with van der Waals surface area (Å²) in [6.45, 7) is 8.06. The SMILES string of the molecule is CCCCCCCCCCCCN1C(=O)N(c2ccc(N(CC)CCO)cc2C)c2cc(C(=O)Nc3ccccc3OC)c(O)c3cccc1c23. The van der Waals surface area contributed by atoms with Gasteiger partial charge in [0.15, 0.2) is 0 Å². The topological polar surface area (TPSA) is 106 Å². The van der Waals surface area contributed by atoms with Crippen LogP contribution in [0.3, 0.4) is 0 Å². The van der Waals surface area contributed by atoms with Gasteiger partial charge in [-0.1, -0.05) is 89.0 Å². The van der Waals surface area contributed by atoms with Gasteiger partial charge in [0.2, 0.25) is 0 Å². The molecule has 0 aromatic heterocycles. The largest absolute Gasteiger partial charge is 0.506 e. The molecule has 9 nitrogen and oxygen atoms in total. The maximum absolute atomic E-state index is 14.7. The molecule has 0 aliphatic carbocycles. The van der Waals surface area contributed by atoms with Gasteiger partial charge in [-0.2, -0.15) is 0 Å². The van der Waals surface area contributed by atoms with E-state index in [4.69, 9.17) is 4.74 Å². The molecule has 0 unspecified atom stereocenters. The summed E-state index contributed by atoms with van der Waals surface area (Å²) in [5, 5.41) is 25.4. The number of anilines is 5. The van der Waals surface area contributed by atoms with E-state index in [9.17, 15) is 19.8 Å². The van der Waals surface area contributed by atoms with Crippen molar-refractivity contribution < 1.29 is 24.5 Å². The number of nitrogens with zero attached hydrogens (tertiary/aromatic N) is 3. The molecular weight excluding hydrogens is 640 g/mol. The van der Waals surface area contributed by atoms with E-state index in [0.717, 1.165) is 48.1 Å². The van der Waals surface area contributed by atoms with Crippen LogP contribution in [0.1, 0.15) is 94.0 Å². The summed E-state index contributed by atoms with van der Waals surface area (Å²) < 4.78 is 5.44. The van der Waals surface area contributed by atoms with Gasteiger partial charge in [0.25, 0.3) is 5.91 Å². The quantitative estimate of drug-likeness (QED) is 0.0844. The van der Waals surface area contributed by atoms with Crippen LogP contribution in [0.4, 0.5) is 33.2 Å². The highest BCUT2D eigenvalue weighted by Gasteiger charge is 2.36. The molecule has 0 spiro atoms. The van der Waals surface area contributed by atoms with E-state index in [1.165, 1.54) is 52.1 Å². The van der Waals surface area contributed by atoms with Crippen LogP contribution < -0.4 is 24.8 Å². The normalized spacial score (nSPS) is 12.5. The third kappa shape index (κ3) is 8.42. The highest BCUT2D eigenvalue weighted by atomic mass is 16.5. The van der Waals surface area contributed by atoms with Crippen molar-refractivity contribution >= 4 is 51.1 Å². The Hall–Kier alpha value is -4.76. The summed E-state index contributed by atoms with van der Waals surface area (Å²) in [5.74, 6) is -0.173. The molecule has 0 saturated heterocycles. The fraction of sp³-hybridized carbons (Fsp3) is 0.429. The molecule has 4 aromatic rings. The van der Waals surface area contributed by atoms with Crippen LogP contribution in [0.25, 0.3) is 10.8 Å². The van der Waals surface area contributed by atoms with E-state index in [0.29, 0.717) is 41.3 Å². The summed E-state index contributed by atoms with van der Waals surface area (Å²) in [5.41, 5.74) is 4.29.